The van der Waals surface area contributed by atoms with Crippen molar-refractivity contribution in [3.63, 3.8) is 0 Å². The summed E-state index contributed by atoms with van der Waals surface area (Å²) in [5.41, 5.74) is 3.76. The lowest BCUT2D eigenvalue weighted by Crippen LogP contribution is -2.20. The average molecular weight is 475 g/mol. The highest BCUT2D eigenvalue weighted by Crippen LogP contribution is 2.48. The van der Waals surface area contributed by atoms with Crippen LogP contribution in [0.1, 0.15) is 25.0 Å². The SMILES string of the molecule is CC[N+](CC)=C(/C=C/C=C(\c1ccccc1)P(c1ccccc1)c1ccccc1)c1ccccc1. The monoisotopic (exact) mass is 474 g/mol. The van der Waals surface area contributed by atoms with Crippen LogP contribution in [0.3, 0.4) is 0 Å². The van der Waals surface area contributed by atoms with Gasteiger partial charge in [0.05, 0.1) is 0 Å². The molecule has 0 aliphatic heterocycles. The van der Waals surface area contributed by atoms with Gasteiger partial charge in [0, 0.05) is 11.6 Å². The van der Waals surface area contributed by atoms with E-state index >= 15 is 0 Å². The zero-order valence-electron chi connectivity index (χ0n) is 20.6. The van der Waals surface area contributed by atoms with Gasteiger partial charge in [0.2, 0.25) is 5.71 Å². The number of hydrogen-bond donors (Lipinski definition) is 0. The molecule has 0 heterocycles. The van der Waals surface area contributed by atoms with Gasteiger partial charge in [0.25, 0.3) is 0 Å². The normalized spacial score (nSPS) is 11.7. The molecule has 0 saturated carbocycles. The summed E-state index contributed by atoms with van der Waals surface area (Å²) in [4.78, 5) is 0. The summed E-state index contributed by atoms with van der Waals surface area (Å²) in [6, 6.07) is 43.3. The van der Waals surface area contributed by atoms with Gasteiger partial charge in [-0.3, -0.25) is 0 Å². The number of allylic oxidation sites excluding steroid dienone is 3. The van der Waals surface area contributed by atoms with E-state index in [4.69, 9.17) is 0 Å². The van der Waals surface area contributed by atoms with Crippen molar-refractivity contribution in [3.05, 3.63) is 151 Å². The first-order valence-electron chi connectivity index (χ1n) is 12.3. The molecule has 0 saturated heterocycles. The van der Waals surface area contributed by atoms with Gasteiger partial charge in [-0.25, -0.2) is 4.58 Å². The fraction of sp³-hybridized carbons (Fsp3) is 0.121. The minimum atomic E-state index is -0.711. The third kappa shape index (κ3) is 6.32. The molecule has 0 aliphatic carbocycles. The van der Waals surface area contributed by atoms with Crippen molar-refractivity contribution >= 4 is 29.6 Å². The quantitative estimate of drug-likeness (QED) is 0.104. The molecule has 35 heavy (non-hydrogen) atoms. The maximum atomic E-state index is 2.42. The third-order valence-corrected chi connectivity index (χ3v) is 8.54. The Bertz CT molecular complexity index is 1230. The van der Waals surface area contributed by atoms with Crippen LogP contribution in [-0.4, -0.2) is 23.4 Å². The van der Waals surface area contributed by atoms with E-state index in [0.717, 1.165) is 13.1 Å². The zero-order chi connectivity index (χ0) is 24.3. The summed E-state index contributed by atoms with van der Waals surface area (Å²) < 4.78 is 2.42. The van der Waals surface area contributed by atoms with Crippen molar-refractivity contribution in [3.8, 4) is 0 Å². The number of benzene rings is 4. The number of rotatable bonds is 9. The summed E-state index contributed by atoms with van der Waals surface area (Å²) in [5, 5.41) is 4.06. The largest absolute Gasteiger partial charge is 0.230 e. The molecule has 0 bridgehead atoms. The Hall–Kier alpha value is -3.54. The lowest BCUT2D eigenvalue weighted by molar-refractivity contribution is -0.519. The van der Waals surface area contributed by atoms with Crippen molar-refractivity contribution < 1.29 is 4.58 Å². The second-order valence-corrected chi connectivity index (χ2v) is 10.4. The summed E-state index contributed by atoms with van der Waals surface area (Å²) in [7, 11) is -0.711. The number of nitrogens with zero attached hydrogens (tertiary/aromatic N) is 1. The van der Waals surface area contributed by atoms with Crippen LogP contribution in [0.25, 0.3) is 5.31 Å². The first kappa shape index (κ1) is 24.6. The van der Waals surface area contributed by atoms with Crippen molar-refractivity contribution in [2.75, 3.05) is 13.1 Å². The van der Waals surface area contributed by atoms with Crippen LogP contribution < -0.4 is 10.6 Å². The van der Waals surface area contributed by atoms with Gasteiger partial charge in [-0.1, -0.05) is 121 Å². The Morgan fingerprint density at radius 1 is 0.600 bits per heavy atom. The molecule has 0 spiro atoms. The van der Waals surface area contributed by atoms with Crippen LogP contribution in [0.15, 0.2) is 140 Å². The van der Waals surface area contributed by atoms with E-state index in [1.54, 1.807) is 0 Å². The summed E-state index contributed by atoms with van der Waals surface area (Å²) in [5.74, 6) is 0. The van der Waals surface area contributed by atoms with E-state index in [0.29, 0.717) is 0 Å². The molecule has 0 radical (unpaired) electrons. The lowest BCUT2D eigenvalue weighted by atomic mass is 10.1. The van der Waals surface area contributed by atoms with Crippen LogP contribution >= 0.6 is 7.92 Å². The highest BCUT2D eigenvalue weighted by atomic mass is 31.1. The molecule has 0 aliphatic rings. The van der Waals surface area contributed by atoms with Crippen LogP contribution in [-0.2, 0) is 0 Å². The van der Waals surface area contributed by atoms with Crippen molar-refractivity contribution in [2.45, 2.75) is 13.8 Å². The van der Waals surface area contributed by atoms with Crippen molar-refractivity contribution in [1.82, 2.24) is 0 Å². The minimum Gasteiger partial charge on any atom is -0.230 e. The molecule has 0 amide bonds. The average Bonchev–Trinajstić information content (AvgIpc) is 2.94. The van der Waals surface area contributed by atoms with Crippen LogP contribution in [0.4, 0.5) is 0 Å². The Kier molecular flexibility index (Phi) is 8.98. The molecule has 4 aromatic rings. The fourth-order valence-electron chi connectivity index (χ4n) is 4.28. The number of hydrogen-bond acceptors (Lipinski definition) is 0. The second-order valence-electron chi connectivity index (χ2n) is 8.21. The van der Waals surface area contributed by atoms with E-state index in [2.05, 4.69) is 158 Å². The highest BCUT2D eigenvalue weighted by Gasteiger charge is 2.20. The predicted molar refractivity (Wildman–Crippen MR) is 155 cm³/mol. The summed E-state index contributed by atoms with van der Waals surface area (Å²) in [6.07, 6.45) is 6.84. The smallest absolute Gasteiger partial charge is 0.207 e. The molecule has 0 atom stereocenters. The predicted octanol–water partition coefficient (Wildman–Crippen LogP) is 7.26. The fourth-order valence-corrected chi connectivity index (χ4v) is 6.72. The second kappa shape index (κ2) is 12.8. The molecule has 1 nitrogen and oxygen atoms in total. The molecule has 174 valence electrons. The Balaban J connectivity index is 1.85. The minimum absolute atomic E-state index is 0.711. The maximum absolute atomic E-state index is 2.42. The topological polar surface area (TPSA) is 3.01 Å². The molecule has 0 N–H and O–H groups in total. The van der Waals surface area contributed by atoms with Crippen LogP contribution in [0.5, 0.6) is 0 Å². The van der Waals surface area contributed by atoms with E-state index in [-0.39, 0.29) is 0 Å². The third-order valence-electron chi connectivity index (χ3n) is 6.02. The molecule has 0 aromatic heterocycles. The molecular weight excluding hydrogens is 441 g/mol. The Labute approximate surface area is 211 Å². The van der Waals surface area contributed by atoms with Crippen molar-refractivity contribution in [2.24, 2.45) is 0 Å². The van der Waals surface area contributed by atoms with Gasteiger partial charge in [-0.05, 0) is 55.4 Å². The molecule has 0 fully saturated rings. The molecule has 2 heteroatoms. The Morgan fingerprint density at radius 2 is 1.03 bits per heavy atom. The molecule has 4 aromatic carbocycles. The van der Waals surface area contributed by atoms with E-state index in [1.807, 2.05) is 0 Å². The lowest BCUT2D eigenvalue weighted by Gasteiger charge is -2.22. The van der Waals surface area contributed by atoms with Crippen LogP contribution in [0.2, 0.25) is 0 Å². The van der Waals surface area contributed by atoms with E-state index < -0.39 is 7.92 Å². The first-order chi connectivity index (χ1) is 17.3. The maximum Gasteiger partial charge on any atom is 0.207 e. The van der Waals surface area contributed by atoms with Gasteiger partial charge in [-0.15, -0.1) is 0 Å². The van der Waals surface area contributed by atoms with Gasteiger partial charge < -0.3 is 0 Å². The highest BCUT2D eigenvalue weighted by molar-refractivity contribution is 7.82. The Morgan fingerprint density at radius 3 is 1.49 bits per heavy atom. The molecule has 4 rings (SSSR count). The van der Waals surface area contributed by atoms with Gasteiger partial charge in [-0.2, -0.15) is 0 Å². The zero-order valence-corrected chi connectivity index (χ0v) is 21.5. The van der Waals surface area contributed by atoms with E-state index in [1.165, 1.54) is 32.8 Å². The van der Waals surface area contributed by atoms with Crippen molar-refractivity contribution in [1.29, 1.82) is 0 Å². The summed E-state index contributed by atoms with van der Waals surface area (Å²) in [6.45, 7) is 6.38. The van der Waals surface area contributed by atoms with Crippen LogP contribution in [0, 0.1) is 0 Å². The van der Waals surface area contributed by atoms with Gasteiger partial charge in [0.15, 0.2) is 0 Å². The van der Waals surface area contributed by atoms with E-state index in [9.17, 15) is 0 Å². The molecule has 0 unspecified atom stereocenters. The molecular formula is C33H33NP+. The van der Waals surface area contributed by atoms with Gasteiger partial charge in [0.1, 0.15) is 13.1 Å². The summed E-state index contributed by atoms with van der Waals surface area (Å²) >= 11 is 0. The standard InChI is InChI=1S/C33H33NP/c1-3-34(4-2)32(28-18-9-5-10-19-28)26-17-27-33(29-20-11-6-12-21-29)35(30-22-13-7-14-23-30)31-24-15-8-16-25-31/h5-27H,3-4H2,1-2H3/q+1/b26-17+,33-27+. The first-order valence-corrected chi connectivity index (χ1v) is 13.7. The van der Waals surface area contributed by atoms with Gasteiger partial charge >= 0.3 is 0 Å².